The van der Waals surface area contributed by atoms with Crippen LogP contribution in [0.15, 0.2) is 0 Å². The van der Waals surface area contributed by atoms with E-state index < -0.39 is 12.4 Å². The maximum atomic E-state index is 12.0. The molecule has 0 spiro atoms. The number of rotatable bonds is 4. The van der Waals surface area contributed by atoms with E-state index in [1.54, 1.807) is 0 Å². The van der Waals surface area contributed by atoms with Crippen LogP contribution in [0.2, 0.25) is 0 Å². The van der Waals surface area contributed by atoms with Crippen LogP contribution in [-0.2, 0) is 9.53 Å². The molecule has 0 aliphatic heterocycles. The second kappa shape index (κ2) is 5.29. The lowest BCUT2D eigenvalue weighted by atomic mass is 9.59. The molecule has 0 aromatic carbocycles. The van der Waals surface area contributed by atoms with Crippen molar-refractivity contribution in [2.45, 2.75) is 32.1 Å². The molecule has 3 aliphatic carbocycles. The van der Waals surface area contributed by atoms with Crippen LogP contribution < -0.4 is 0 Å². The highest BCUT2D eigenvalue weighted by Crippen LogP contribution is 2.48. The van der Waals surface area contributed by atoms with Crippen molar-refractivity contribution in [2.24, 2.45) is 23.7 Å². The molecule has 5 heteroatoms. The van der Waals surface area contributed by atoms with Gasteiger partial charge in [0.05, 0.1) is 6.61 Å². The molecule has 2 atom stereocenters. The maximum Gasteiger partial charge on any atom is 0.373 e. The summed E-state index contributed by atoms with van der Waals surface area (Å²) in [7, 11) is 0. The first-order chi connectivity index (χ1) is 8.13. The van der Waals surface area contributed by atoms with E-state index >= 15 is 0 Å². The van der Waals surface area contributed by atoms with Crippen LogP contribution in [0.25, 0.3) is 0 Å². The van der Waals surface area contributed by atoms with Crippen LogP contribution in [0.5, 0.6) is 0 Å². The van der Waals surface area contributed by atoms with Gasteiger partial charge in [-0.15, -0.1) is 0 Å². The molecule has 2 unspecified atom stereocenters. The summed E-state index contributed by atoms with van der Waals surface area (Å²) < 4.78 is 28.7. The number of fused-ring (bicyclic) bond motifs is 3. The van der Waals surface area contributed by atoms with Gasteiger partial charge in [0, 0.05) is 12.5 Å². The van der Waals surface area contributed by atoms with E-state index in [2.05, 4.69) is 4.74 Å². The van der Waals surface area contributed by atoms with Gasteiger partial charge in [-0.05, 0) is 43.4 Å². The van der Waals surface area contributed by atoms with Crippen molar-refractivity contribution in [2.75, 3.05) is 13.2 Å². The molecule has 3 saturated carbocycles. The molecule has 0 heterocycles. The van der Waals surface area contributed by atoms with Gasteiger partial charge in [0.15, 0.2) is 0 Å². The second-order valence-corrected chi connectivity index (χ2v) is 5.12. The third kappa shape index (κ3) is 2.59. The van der Waals surface area contributed by atoms with Crippen molar-refractivity contribution in [1.82, 2.24) is 0 Å². The molecule has 98 valence electrons. The third-order valence-electron chi connectivity index (χ3n) is 4.38. The molecule has 17 heavy (non-hydrogen) atoms. The number of carbonyl (C=O) groups is 1. The molecule has 3 rings (SSSR count). The molecule has 0 aromatic heterocycles. The van der Waals surface area contributed by atoms with Gasteiger partial charge in [0.2, 0.25) is 0 Å². The zero-order valence-electron chi connectivity index (χ0n) is 9.65. The number of halogens is 2. The summed E-state index contributed by atoms with van der Waals surface area (Å²) >= 11 is 0. The fourth-order valence-electron chi connectivity index (χ4n) is 3.49. The lowest BCUT2D eigenvalue weighted by Gasteiger charge is -2.47. The Bertz CT molecular complexity index is 275. The Kier molecular flexibility index (Phi) is 3.97. The zero-order valence-corrected chi connectivity index (χ0v) is 9.65. The average molecular weight is 248 g/mol. The van der Waals surface area contributed by atoms with Crippen molar-refractivity contribution in [3.63, 3.8) is 0 Å². The van der Waals surface area contributed by atoms with Crippen LogP contribution in [-0.4, -0.2) is 30.7 Å². The maximum absolute atomic E-state index is 12.0. The number of ether oxygens (including phenoxy) is 1. The predicted molar refractivity (Wildman–Crippen MR) is 56.5 cm³/mol. The van der Waals surface area contributed by atoms with E-state index in [0.717, 1.165) is 25.7 Å². The lowest BCUT2D eigenvalue weighted by molar-refractivity contribution is -0.162. The highest BCUT2D eigenvalue weighted by molar-refractivity contribution is 5.72. The molecule has 3 aliphatic rings. The third-order valence-corrected chi connectivity index (χ3v) is 4.38. The standard InChI is InChI=1S/C12H18F2O3/c13-11(14)12(16)17-6-10-8-3-1-7(2-4-8)9(10)5-15/h7-11,15H,1-6H2. The Morgan fingerprint density at radius 2 is 1.71 bits per heavy atom. The fraction of sp³-hybridized carbons (Fsp3) is 0.917. The Labute approximate surface area is 99.1 Å². The van der Waals surface area contributed by atoms with E-state index in [9.17, 15) is 18.7 Å². The van der Waals surface area contributed by atoms with Gasteiger partial charge in [-0.2, -0.15) is 8.78 Å². The number of alkyl halides is 2. The summed E-state index contributed by atoms with van der Waals surface area (Å²) in [5, 5.41) is 9.37. The molecule has 0 amide bonds. The van der Waals surface area contributed by atoms with Gasteiger partial charge in [-0.1, -0.05) is 0 Å². The van der Waals surface area contributed by atoms with Gasteiger partial charge in [-0.3, -0.25) is 0 Å². The number of aliphatic hydroxyl groups is 1. The second-order valence-electron chi connectivity index (χ2n) is 5.12. The van der Waals surface area contributed by atoms with Crippen molar-refractivity contribution in [3.05, 3.63) is 0 Å². The van der Waals surface area contributed by atoms with E-state index in [1.807, 2.05) is 0 Å². The minimum atomic E-state index is -3.05. The Morgan fingerprint density at radius 1 is 1.18 bits per heavy atom. The van der Waals surface area contributed by atoms with Gasteiger partial charge in [0.1, 0.15) is 0 Å². The van der Waals surface area contributed by atoms with E-state index in [-0.39, 0.29) is 25.0 Å². The normalized spacial score (nSPS) is 36.2. The Hall–Kier alpha value is -0.710. The van der Waals surface area contributed by atoms with Gasteiger partial charge in [0.25, 0.3) is 0 Å². The first-order valence-corrected chi connectivity index (χ1v) is 6.19. The van der Waals surface area contributed by atoms with Crippen molar-refractivity contribution < 1.29 is 23.4 Å². The Balaban J connectivity index is 1.92. The summed E-state index contributed by atoms with van der Waals surface area (Å²) in [6.45, 7) is 0.105. The van der Waals surface area contributed by atoms with Crippen LogP contribution in [0.4, 0.5) is 8.78 Å². The highest BCUT2D eigenvalue weighted by atomic mass is 19.3. The van der Waals surface area contributed by atoms with Crippen molar-refractivity contribution in [3.8, 4) is 0 Å². The van der Waals surface area contributed by atoms with Gasteiger partial charge in [-0.25, -0.2) is 4.79 Å². The zero-order chi connectivity index (χ0) is 12.4. The van der Waals surface area contributed by atoms with E-state index in [1.165, 1.54) is 0 Å². The topological polar surface area (TPSA) is 46.5 Å². The lowest BCUT2D eigenvalue weighted by Crippen LogP contribution is -2.44. The number of esters is 1. The minimum Gasteiger partial charge on any atom is -0.461 e. The number of aliphatic hydroxyl groups excluding tert-OH is 1. The summed E-state index contributed by atoms with van der Waals surface area (Å²) in [6.07, 6.45) is 1.30. The number of hydrogen-bond acceptors (Lipinski definition) is 3. The molecule has 0 radical (unpaired) electrons. The van der Waals surface area contributed by atoms with Crippen LogP contribution >= 0.6 is 0 Å². The average Bonchev–Trinajstić information content (AvgIpc) is 2.36. The molecule has 3 fully saturated rings. The number of hydrogen-bond donors (Lipinski definition) is 1. The fourth-order valence-corrected chi connectivity index (χ4v) is 3.49. The van der Waals surface area contributed by atoms with Crippen molar-refractivity contribution in [1.29, 1.82) is 0 Å². The summed E-state index contributed by atoms with van der Waals surface area (Å²) in [6, 6.07) is 0. The molecule has 0 aromatic rings. The highest BCUT2D eigenvalue weighted by Gasteiger charge is 2.43. The Morgan fingerprint density at radius 3 is 2.18 bits per heavy atom. The first-order valence-electron chi connectivity index (χ1n) is 6.19. The smallest absolute Gasteiger partial charge is 0.373 e. The molecule has 0 saturated heterocycles. The molecular weight excluding hydrogens is 230 g/mol. The van der Waals surface area contributed by atoms with Gasteiger partial charge < -0.3 is 9.84 Å². The van der Waals surface area contributed by atoms with Crippen LogP contribution in [0, 0.1) is 23.7 Å². The predicted octanol–water partition coefficient (Wildman–Crippen LogP) is 1.84. The molecule has 2 bridgehead atoms. The summed E-state index contributed by atoms with van der Waals surface area (Å²) in [5.74, 6) is -0.366. The number of carbonyl (C=O) groups excluding carboxylic acids is 1. The summed E-state index contributed by atoms with van der Waals surface area (Å²) in [5.41, 5.74) is 0. The quantitative estimate of drug-likeness (QED) is 0.772. The first kappa shape index (κ1) is 12.7. The molecule has 3 nitrogen and oxygen atoms in total. The minimum absolute atomic E-state index is 0.0373. The molecular formula is C12H18F2O3. The summed E-state index contributed by atoms with van der Waals surface area (Å²) in [4.78, 5) is 10.8. The van der Waals surface area contributed by atoms with Crippen molar-refractivity contribution >= 4 is 5.97 Å². The van der Waals surface area contributed by atoms with E-state index in [0.29, 0.717) is 11.8 Å². The monoisotopic (exact) mass is 248 g/mol. The van der Waals surface area contributed by atoms with Gasteiger partial charge >= 0.3 is 12.4 Å². The van der Waals surface area contributed by atoms with E-state index in [4.69, 9.17) is 0 Å². The molecule has 1 N–H and O–H groups in total. The van der Waals surface area contributed by atoms with Crippen LogP contribution in [0.1, 0.15) is 25.7 Å². The van der Waals surface area contributed by atoms with Crippen LogP contribution in [0.3, 0.4) is 0 Å². The largest absolute Gasteiger partial charge is 0.461 e. The SMILES string of the molecule is O=C(OCC1C2CCC(CC2)C1CO)C(F)F.